The largest absolute Gasteiger partial charge is 0.504 e. The third kappa shape index (κ3) is 2.11. The van der Waals surface area contributed by atoms with Crippen LogP contribution in [0.3, 0.4) is 0 Å². The summed E-state index contributed by atoms with van der Waals surface area (Å²) in [5.74, 6) is 0. The lowest BCUT2D eigenvalue weighted by molar-refractivity contribution is 0.339. The highest BCUT2D eigenvalue weighted by molar-refractivity contribution is 5.66. The van der Waals surface area contributed by atoms with Gasteiger partial charge in [-0.15, -0.1) is 0 Å². The Labute approximate surface area is 80.0 Å². The van der Waals surface area contributed by atoms with E-state index in [9.17, 15) is 0 Å². The smallest absolute Gasteiger partial charge is 0.0859 e. The van der Waals surface area contributed by atoms with Crippen LogP contribution in [0.1, 0.15) is 23.6 Å². The molecule has 0 unspecified atom stereocenters. The first-order valence-electron chi connectivity index (χ1n) is 4.43. The van der Waals surface area contributed by atoms with Crippen molar-refractivity contribution in [3.05, 3.63) is 41.2 Å². The molecule has 0 fully saturated rings. The first-order valence-corrected chi connectivity index (χ1v) is 4.43. The molecule has 0 bridgehead atoms. The van der Waals surface area contributed by atoms with Gasteiger partial charge in [0.05, 0.1) is 13.4 Å². The molecule has 1 heteroatoms. The summed E-state index contributed by atoms with van der Waals surface area (Å²) in [6, 6.07) is 6.32. The number of hydrogen-bond donors (Lipinski definition) is 0. The monoisotopic (exact) mass is 176 g/mol. The summed E-state index contributed by atoms with van der Waals surface area (Å²) in [4.78, 5) is 0. The molecule has 0 heterocycles. The van der Waals surface area contributed by atoms with Crippen molar-refractivity contribution in [3.63, 3.8) is 0 Å². The highest BCUT2D eigenvalue weighted by Gasteiger charge is 2.01. The van der Waals surface area contributed by atoms with Gasteiger partial charge in [0.2, 0.25) is 0 Å². The van der Waals surface area contributed by atoms with Gasteiger partial charge in [-0.05, 0) is 43.0 Å². The maximum Gasteiger partial charge on any atom is 0.0859 e. The van der Waals surface area contributed by atoms with Crippen molar-refractivity contribution in [2.75, 3.05) is 7.11 Å². The summed E-state index contributed by atoms with van der Waals surface area (Å²) in [5.41, 5.74) is 5.08. The topological polar surface area (TPSA) is 9.23 Å². The number of hydrogen-bond acceptors (Lipinski definition) is 1. The maximum absolute atomic E-state index is 4.99. The lowest BCUT2D eigenvalue weighted by Gasteiger charge is -2.08. The number of ether oxygens (including phenoxy) is 1. The molecule has 1 aromatic rings. The average molecular weight is 176 g/mol. The summed E-state index contributed by atoms with van der Waals surface area (Å²) in [5, 5.41) is 0. The van der Waals surface area contributed by atoms with Crippen LogP contribution < -0.4 is 0 Å². The highest BCUT2D eigenvalue weighted by atomic mass is 16.5. The minimum atomic E-state index is 1.17. The quantitative estimate of drug-likeness (QED) is 0.628. The van der Waals surface area contributed by atoms with Crippen LogP contribution in [0.5, 0.6) is 0 Å². The molecular weight excluding hydrogens is 160 g/mol. The van der Waals surface area contributed by atoms with E-state index in [1.807, 2.05) is 0 Å². The summed E-state index contributed by atoms with van der Waals surface area (Å²) in [6.07, 6.45) is 1.78. The van der Waals surface area contributed by atoms with Crippen molar-refractivity contribution >= 4 is 5.57 Å². The van der Waals surface area contributed by atoms with E-state index in [2.05, 4.69) is 39.0 Å². The molecule has 1 aromatic carbocycles. The van der Waals surface area contributed by atoms with Crippen LogP contribution >= 0.6 is 0 Å². The van der Waals surface area contributed by atoms with Crippen LogP contribution in [0.4, 0.5) is 0 Å². The molecule has 0 N–H and O–H groups in total. The van der Waals surface area contributed by atoms with Crippen molar-refractivity contribution in [1.29, 1.82) is 0 Å². The van der Waals surface area contributed by atoms with E-state index in [-0.39, 0.29) is 0 Å². The average Bonchev–Trinajstić information content (AvgIpc) is 2.10. The van der Waals surface area contributed by atoms with Gasteiger partial charge in [0.1, 0.15) is 0 Å². The molecule has 70 valence electrons. The third-order valence-corrected chi connectivity index (χ3v) is 2.32. The zero-order valence-electron chi connectivity index (χ0n) is 8.72. The van der Waals surface area contributed by atoms with Gasteiger partial charge in [-0.1, -0.05) is 18.2 Å². The zero-order chi connectivity index (χ0) is 9.84. The normalized spacial score (nSPS) is 11.5. The molecule has 0 saturated carbocycles. The Morgan fingerprint density at radius 2 is 2.00 bits per heavy atom. The van der Waals surface area contributed by atoms with Crippen molar-refractivity contribution in [2.24, 2.45) is 0 Å². The second-order valence-corrected chi connectivity index (χ2v) is 3.28. The standard InChI is InChI=1S/C12H16O/c1-9-6-5-7-12(11(9)3)10(2)8-13-4/h5-8H,1-4H3/b10-8-. The van der Waals surface area contributed by atoms with Gasteiger partial charge in [0, 0.05) is 0 Å². The summed E-state index contributed by atoms with van der Waals surface area (Å²) >= 11 is 0. The SMILES string of the molecule is CO/C=C(/C)c1cccc(C)c1C. The molecule has 0 saturated heterocycles. The van der Waals surface area contributed by atoms with Gasteiger partial charge >= 0.3 is 0 Å². The van der Waals surface area contributed by atoms with E-state index in [1.165, 1.54) is 22.3 Å². The Kier molecular flexibility index (Phi) is 3.13. The van der Waals surface area contributed by atoms with Crippen molar-refractivity contribution < 1.29 is 4.74 Å². The molecule has 0 aliphatic rings. The van der Waals surface area contributed by atoms with Crippen molar-refractivity contribution in [3.8, 4) is 0 Å². The Morgan fingerprint density at radius 3 is 2.62 bits per heavy atom. The molecule has 0 radical (unpaired) electrons. The fraction of sp³-hybridized carbons (Fsp3) is 0.333. The molecular formula is C12H16O. The highest BCUT2D eigenvalue weighted by Crippen LogP contribution is 2.20. The third-order valence-electron chi connectivity index (χ3n) is 2.32. The van der Waals surface area contributed by atoms with Crippen molar-refractivity contribution in [1.82, 2.24) is 0 Å². The molecule has 0 aromatic heterocycles. The van der Waals surface area contributed by atoms with E-state index in [4.69, 9.17) is 4.74 Å². The fourth-order valence-electron chi connectivity index (χ4n) is 1.42. The van der Waals surface area contributed by atoms with Crippen LogP contribution in [0.25, 0.3) is 5.57 Å². The van der Waals surface area contributed by atoms with Gasteiger partial charge in [-0.25, -0.2) is 0 Å². The molecule has 0 spiro atoms. The molecule has 13 heavy (non-hydrogen) atoms. The molecule has 0 aliphatic heterocycles. The predicted molar refractivity (Wildman–Crippen MR) is 56.6 cm³/mol. The van der Waals surface area contributed by atoms with E-state index in [1.54, 1.807) is 13.4 Å². The second-order valence-electron chi connectivity index (χ2n) is 3.28. The molecule has 1 rings (SSSR count). The van der Waals surface area contributed by atoms with E-state index < -0.39 is 0 Å². The molecule has 0 atom stereocenters. The molecule has 0 amide bonds. The number of allylic oxidation sites excluding steroid dienone is 1. The van der Waals surface area contributed by atoms with Gasteiger partial charge in [0.25, 0.3) is 0 Å². The van der Waals surface area contributed by atoms with Gasteiger partial charge in [-0.2, -0.15) is 0 Å². The molecule has 0 aliphatic carbocycles. The van der Waals surface area contributed by atoms with Crippen LogP contribution in [-0.4, -0.2) is 7.11 Å². The first-order chi connectivity index (χ1) is 6.16. The lowest BCUT2D eigenvalue weighted by Crippen LogP contribution is -1.89. The second kappa shape index (κ2) is 4.13. The minimum Gasteiger partial charge on any atom is -0.504 e. The number of methoxy groups -OCH3 is 1. The van der Waals surface area contributed by atoms with Crippen LogP contribution in [0, 0.1) is 13.8 Å². The van der Waals surface area contributed by atoms with E-state index >= 15 is 0 Å². The lowest BCUT2D eigenvalue weighted by atomic mass is 9.99. The maximum atomic E-state index is 4.99. The van der Waals surface area contributed by atoms with Crippen LogP contribution in [-0.2, 0) is 4.74 Å². The molecule has 1 nitrogen and oxygen atoms in total. The summed E-state index contributed by atoms with van der Waals surface area (Å²) in [6.45, 7) is 6.32. The summed E-state index contributed by atoms with van der Waals surface area (Å²) in [7, 11) is 1.68. The van der Waals surface area contributed by atoms with Gasteiger partial charge in [0.15, 0.2) is 0 Å². The Bertz CT molecular complexity index is 324. The number of aryl methyl sites for hydroxylation is 1. The zero-order valence-corrected chi connectivity index (χ0v) is 8.72. The van der Waals surface area contributed by atoms with E-state index in [0.717, 1.165) is 0 Å². The minimum absolute atomic E-state index is 1.17. The Morgan fingerprint density at radius 1 is 1.31 bits per heavy atom. The van der Waals surface area contributed by atoms with Crippen LogP contribution in [0.15, 0.2) is 24.5 Å². The Hall–Kier alpha value is -1.24. The summed E-state index contributed by atoms with van der Waals surface area (Å²) < 4.78 is 4.99. The predicted octanol–water partition coefficient (Wildman–Crippen LogP) is 3.31. The van der Waals surface area contributed by atoms with Crippen LogP contribution in [0.2, 0.25) is 0 Å². The van der Waals surface area contributed by atoms with Crippen molar-refractivity contribution in [2.45, 2.75) is 20.8 Å². The fourth-order valence-corrected chi connectivity index (χ4v) is 1.42. The van der Waals surface area contributed by atoms with Gasteiger partial charge < -0.3 is 4.74 Å². The number of rotatable bonds is 2. The van der Waals surface area contributed by atoms with E-state index in [0.29, 0.717) is 0 Å². The number of benzene rings is 1. The Balaban J connectivity index is 3.15. The first kappa shape index (κ1) is 9.85. The van der Waals surface area contributed by atoms with Gasteiger partial charge in [-0.3, -0.25) is 0 Å².